The van der Waals surface area contributed by atoms with Gasteiger partial charge in [0.05, 0.1) is 18.1 Å². The maximum absolute atomic E-state index is 13.9. The lowest BCUT2D eigenvalue weighted by molar-refractivity contribution is -0.113. The number of nitrogens with zero attached hydrogens (tertiary/aromatic N) is 1. The Bertz CT molecular complexity index is 1050. The van der Waals surface area contributed by atoms with Gasteiger partial charge in [0.15, 0.2) is 17.3 Å². The minimum Gasteiger partial charge on any atom is -0.493 e. The molecule has 1 atom stereocenters. The predicted molar refractivity (Wildman–Crippen MR) is 110 cm³/mol. The summed E-state index contributed by atoms with van der Waals surface area (Å²) in [6, 6.07) is 12.1. The van der Waals surface area contributed by atoms with Crippen molar-refractivity contribution in [1.82, 2.24) is 10.2 Å². The molecule has 2 heterocycles. The summed E-state index contributed by atoms with van der Waals surface area (Å²) in [6.45, 7) is 2.01. The van der Waals surface area contributed by atoms with Crippen LogP contribution in [-0.2, 0) is 11.4 Å². The highest BCUT2D eigenvalue weighted by Gasteiger charge is 2.28. The number of amides is 1. The van der Waals surface area contributed by atoms with E-state index in [1.54, 1.807) is 25.3 Å². The van der Waals surface area contributed by atoms with Crippen LogP contribution in [0.25, 0.3) is 0 Å². The quantitative estimate of drug-likeness (QED) is 0.655. The molecule has 1 amide bonds. The maximum Gasteiger partial charge on any atom is 0.235 e. The number of benzene rings is 2. The fourth-order valence-electron chi connectivity index (χ4n) is 3.27. The number of hydrogen-bond donors (Lipinski definition) is 2. The third kappa shape index (κ3) is 3.93. The van der Waals surface area contributed by atoms with Gasteiger partial charge in [-0.3, -0.25) is 9.89 Å². The zero-order valence-electron chi connectivity index (χ0n) is 16.0. The predicted octanol–water partition coefficient (Wildman–Crippen LogP) is 4.22. The lowest BCUT2D eigenvalue weighted by Gasteiger charge is -2.18. The summed E-state index contributed by atoms with van der Waals surface area (Å²) in [6.07, 6.45) is 0. The molecule has 0 saturated carbocycles. The van der Waals surface area contributed by atoms with Crippen molar-refractivity contribution in [3.63, 3.8) is 0 Å². The molecule has 150 valence electrons. The molecule has 2 aromatic carbocycles. The highest BCUT2D eigenvalue weighted by atomic mass is 32.2. The lowest BCUT2D eigenvalue weighted by atomic mass is 10.0. The minimum absolute atomic E-state index is 0.0837. The van der Waals surface area contributed by atoms with Gasteiger partial charge in [0.2, 0.25) is 5.91 Å². The van der Waals surface area contributed by atoms with Crippen LogP contribution in [0.1, 0.15) is 27.6 Å². The molecule has 0 fully saturated rings. The van der Waals surface area contributed by atoms with E-state index in [1.807, 2.05) is 25.1 Å². The molecule has 1 aromatic heterocycles. The Hall–Kier alpha value is -3.00. The number of aromatic amines is 1. The molecule has 0 aliphatic carbocycles. The molecule has 0 radical (unpaired) electrons. The number of aromatic nitrogens is 2. The number of H-pyrrole nitrogens is 1. The van der Waals surface area contributed by atoms with Crippen LogP contribution in [0.15, 0.2) is 42.5 Å². The smallest absolute Gasteiger partial charge is 0.235 e. The summed E-state index contributed by atoms with van der Waals surface area (Å²) in [4.78, 5) is 12.0. The largest absolute Gasteiger partial charge is 0.493 e. The number of halogens is 1. The molecule has 3 aromatic rings. The summed E-state index contributed by atoms with van der Waals surface area (Å²) in [5.74, 6) is 1.53. The van der Waals surface area contributed by atoms with Crippen LogP contribution in [0, 0.1) is 12.7 Å². The van der Waals surface area contributed by atoms with Gasteiger partial charge in [0, 0.05) is 16.8 Å². The van der Waals surface area contributed by atoms with E-state index in [0.717, 1.165) is 16.8 Å². The number of anilines is 1. The second kappa shape index (κ2) is 8.16. The first-order valence-corrected chi connectivity index (χ1v) is 10.1. The molecular weight excluding hydrogens is 393 g/mol. The average molecular weight is 413 g/mol. The Kier molecular flexibility index (Phi) is 5.44. The van der Waals surface area contributed by atoms with E-state index in [9.17, 15) is 9.18 Å². The number of methoxy groups -OCH3 is 1. The fourth-order valence-corrected chi connectivity index (χ4v) is 4.45. The fraction of sp³-hybridized carbons (Fsp3) is 0.238. The number of fused-ring (bicyclic) bond motifs is 1. The van der Waals surface area contributed by atoms with E-state index >= 15 is 0 Å². The van der Waals surface area contributed by atoms with Crippen molar-refractivity contribution in [2.24, 2.45) is 0 Å². The Morgan fingerprint density at radius 2 is 2.07 bits per heavy atom. The number of aryl methyl sites for hydroxylation is 1. The topological polar surface area (TPSA) is 76.2 Å². The number of nitrogens with one attached hydrogen (secondary N) is 2. The van der Waals surface area contributed by atoms with Gasteiger partial charge in [0.1, 0.15) is 12.4 Å². The van der Waals surface area contributed by atoms with Crippen molar-refractivity contribution in [2.45, 2.75) is 18.8 Å². The van der Waals surface area contributed by atoms with Crippen molar-refractivity contribution in [1.29, 1.82) is 0 Å². The number of carbonyl (C=O) groups excluding carboxylic acids is 1. The number of rotatable bonds is 5. The Balaban J connectivity index is 1.67. The summed E-state index contributed by atoms with van der Waals surface area (Å²) < 4.78 is 25.3. The highest BCUT2D eigenvalue weighted by molar-refractivity contribution is 8.00. The first-order chi connectivity index (χ1) is 14.1. The Morgan fingerprint density at radius 1 is 1.24 bits per heavy atom. The maximum atomic E-state index is 13.9. The number of hydrogen-bond acceptors (Lipinski definition) is 5. The van der Waals surface area contributed by atoms with Crippen LogP contribution >= 0.6 is 11.8 Å². The lowest BCUT2D eigenvalue weighted by Crippen LogP contribution is -2.12. The minimum atomic E-state index is -0.315. The third-order valence-electron chi connectivity index (χ3n) is 4.73. The van der Waals surface area contributed by atoms with Crippen LogP contribution in [0.4, 0.5) is 10.2 Å². The summed E-state index contributed by atoms with van der Waals surface area (Å²) in [5, 5.41) is 9.88. The number of ether oxygens (including phenoxy) is 2. The van der Waals surface area contributed by atoms with Crippen LogP contribution in [0.5, 0.6) is 11.5 Å². The van der Waals surface area contributed by atoms with E-state index in [-0.39, 0.29) is 23.6 Å². The SMILES string of the molecule is COc1ccc([C@H]2SCC(=O)Nc3n[nH]c(C)c32)cc1OCc1ccccc1F. The van der Waals surface area contributed by atoms with Gasteiger partial charge in [0.25, 0.3) is 0 Å². The molecule has 8 heteroatoms. The highest BCUT2D eigenvalue weighted by Crippen LogP contribution is 2.44. The van der Waals surface area contributed by atoms with Gasteiger partial charge in [-0.15, -0.1) is 11.8 Å². The average Bonchev–Trinajstić information content (AvgIpc) is 2.98. The number of thioether (sulfide) groups is 1. The molecule has 29 heavy (non-hydrogen) atoms. The van der Waals surface area contributed by atoms with Crippen LogP contribution in [0.2, 0.25) is 0 Å². The molecular formula is C21H20FN3O3S. The summed E-state index contributed by atoms with van der Waals surface area (Å²) in [7, 11) is 1.56. The van der Waals surface area contributed by atoms with Crippen LogP contribution in [0.3, 0.4) is 0 Å². The summed E-state index contributed by atoms with van der Waals surface area (Å²) >= 11 is 1.52. The zero-order chi connectivity index (χ0) is 20.4. The van der Waals surface area contributed by atoms with Crippen LogP contribution < -0.4 is 14.8 Å². The van der Waals surface area contributed by atoms with Crippen LogP contribution in [-0.4, -0.2) is 29.0 Å². The van der Waals surface area contributed by atoms with Crippen molar-refractivity contribution in [2.75, 3.05) is 18.2 Å². The monoisotopic (exact) mass is 413 g/mol. The van der Waals surface area contributed by atoms with E-state index in [0.29, 0.717) is 28.6 Å². The van der Waals surface area contributed by atoms with E-state index in [4.69, 9.17) is 9.47 Å². The van der Waals surface area contributed by atoms with E-state index in [2.05, 4.69) is 15.5 Å². The summed E-state index contributed by atoms with van der Waals surface area (Å²) in [5.41, 5.74) is 3.24. The molecule has 0 bridgehead atoms. The first kappa shape index (κ1) is 19.3. The van der Waals surface area contributed by atoms with E-state index < -0.39 is 0 Å². The third-order valence-corrected chi connectivity index (χ3v) is 6.00. The van der Waals surface area contributed by atoms with Gasteiger partial charge >= 0.3 is 0 Å². The van der Waals surface area contributed by atoms with Crippen molar-refractivity contribution >= 4 is 23.5 Å². The molecule has 0 saturated heterocycles. The molecule has 6 nitrogen and oxygen atoms in total. The molecule has 0 unspecified atom stereocenters. The number of carbonyl (C=O) groups is 1. The van der Waals surface area contributed by atoms with Gasteiger partial charge in [-0.2, -0.15) is 5.10 Å². The molecule has 1 aliphatic rings. The van der Waals surface area contributed by atoms with Crippen molar-refractivity contribution in [3.05, 3.63) is 70.7 Å². The molecule has 2 N–H and O–H groups in total. The Morgan fingerprint density at radius 3 is 2.86 bits per heavy atom. The van der Waals surface area contributed by atoms with Crippen molar-refractivity contribution in [3.8, 4) is 11.5 Å². The van der Waals surface area contributed by atoms with Gasteiger partial charge in [-0.05, 0) is 30.7 Å². The van der Waals surface area contributed by atoms with Crippen molar-refractivity contribution < 1.29 is 18.7 Å². The first-order valence-electron chi connectivity index (χ1n) is 9.07. The second-order valence-electron chi connectivity index (χ2n) is 6.64. The Labute approximate surface area is 171 Å². The zero-order valence-corrected chi connectivity index (χ0v) is 16.8. The standard InChI is InChI=1S/C21H20FN3O3S/c1-12-19-20(29-11-18(26)23-21(19)25-24-12)13-7-8-16(27-2)17(9-13)28-10-14-5-3-4-6-15(14)22/h3-9,20H,10-11H2,1-2H3,(H2,23,24,25,26)/t20-/m1/s1. The molecule has 4 rings (SSSR count). The molecule has 0 spiro atoms. The van der Waals surface area contributed by atoms with E-state index in [1.165, 1.54) is 17.8 Å². The molecule has 1 aliphatic heterocycles. The van der Waals surface area contributed by atoms with Gasteiger partial charge in [-0.1, -0.05) is 24.3 Å². The van der Waals surface area contributed by atoms with Gasteiger partial charge < -0.3 is 14.8 Å². The normalized spacial score (nSPS) is 16.0. The van der Waals surface area contributed by atoms with Gasteiger partial charge in [-0.25, -0.2) is 4.39 Å². The second-order valence-corrected chi connectivity index (χ2v) is 7.73.